The number of ketones is 1. The number of fused-ring (bicyclic) bond motifs is 1. The molecule has 0 radical (unpaired) electrons. The normalized spacial score (nSPS) is 16.5. The number of carbonyl (C=O) groups is 3. The lowest BCUT2D eigenvalue weighted by molar-refractivity contribution is -0.117. The van der Waals surface area contributed by atoms with E-state index in [-0.39, 0.29) is 0 Å². The molecule has 6 heteroatoms. The van der Waals surface area contributed by atoms with Gasteiger partial charge in [-0.05, 0) is 35.9 Å². The minimum atomic E-state index is -1.06. The van der Waals surface area contributed by atoms with Gasteiger partial charge in [0, 0.05) is 10.6 Å². The molecule has 1 unspecified atom stereocenters. The summed E-state index contributed by atoms with van der Waals surface area (Å²) in [6.45, 7) is 0. The number of hydrogen-bond donors (Lipinski definition) is 1. The maximum absolute atomic E-state index is 12.7. The van der Waals surface area contributed by atoms with Gasteiger partial charge in [-0.2, -0.15) is 0 Å². The van der Waals surface area contributed by atoms with Gasteiger partial charge in [-0.1, -0.05) is 29.8 Å². The number of anilines is 1. The molecule has 0 saturated heterocycles. The lowest BCUT2D eigenvalue weighted by Gasteiger charge is -2.12. The molecule has 1 heterocycles. The third-order valence-electron chi connectivity index (χ3n) is 3.57. The zero-order chi connectivity index (χ0) is 15.9. The number of amides is 3. The molecule has 3 amide bonds. The molecular formula is C16H11ClN2O3. The van der Waals surface area contributed by atoms with Crippen molar-refractivity contribution >= 4 is 35.0 Å². The van der Waals surface area contributed by atoms with Crippen LogP contribution >= 0.6 is 11.6 Å². The van der Waals surface area contributed by atoms with Gasteiger partial charge in [-0.15, -0.1) is 0 Å². The van der Waals surface area contributed by atoms with E-state index < -0.39 is 23.6 Å². The number of rotatable bonds is 2. The number of para-hydroxylation sites is 1. The van der Waals surface area contributed by atoms with Crippen LogP contribution in [0.15, 0.2) is 48.5 Å². The van der Waals surface area contributed by atoms with E-state index in [0.29, 0.717) is 21.8 Å². The monoisotopic (exact) mass is 314 g/mol. The van der Waals surface area contributed by atoms with Crippen LogP contribution in [-0.4, -0.2) is 17.7 Å². The summed E-state index contributed by atoms with van der Waals surface area (Å²) in [7, 11) is 0. The van der Waals surface area contributed by atoms with Crippen LogP contribution in [0.5, 0.6) is 0 Å². The third-order valence-corrected chi connectivity index (χ3v) is 3.82. The van der Waals surface area contributed by atoms with Crippen molar-refractivity contribution in [1.29, 1.82) is 0 Å². The summed E-state index contributed by atoms with van der Waals surface area (Å²) in [5, 5.41) is 0.494. The molecule has 0 fully saturated rings. The molecule has 5 nitrogen and oxygen atoms in total. The molecule has 2 aromatic carbocycles. The Kier molecular flexibility index (Phi) is 3.42. The Balaban J connectivity index is 2.07. The Labute approximate surface area is 131 Å². The quantitative estimate of drug-likeness (QED) is 0.683. The van der Waals surface area contributed by atoms with E-state index in [1.54, 1.807) is 48.5 Å². The van der Waals surface area contributed by atoms with Crippen LogP contribution in [0.4, 0.5) is 10.5 Å². The lowest BCUT2D eigenvalue weighted by Crippen LogP contribution is -2.40. The minimum absolute atomic E-state index is 0.351. The first-order valence-corrected chi connectivity index (χ1v) is 6.90. The van der Waals surface area contributed by atoms with E-state index in [9.17, 15) is 14.4 Å². The molecule has 0 aliphatic carbocycles. The Bertz CT molecular complexity index is 786. The SMILES string of the molecule is NC(=O)N1C(=O)C(C(=O)c2ccc(Cl)cc2)c2ccccc21. The zero-order valence-corrected chi connectivity index (χ0v) is 12.1. The predicted octanol–water partition coefficient (Wildman–Crippen LogP) is 2.73. The Hall–Kier alpha value is -2.66. The predicted molar refractivity (Wildman–Crippen MR) is 82.0 cm³/mol. The number of hydrogen-bond acceptors (Lipinski definition) is 3. The number of nitrogens with zero attached hydrogens (tertiary/aromatic N) is 1. The summed E-state index contributed by atoms with van der Waals surface area (Å²) in [4.78, 5) is 37.5. The highest BCUT2D eigenvalue weighted by atomic mass is 35.5. The molecule has 110 valence electrons. The van der Waals surface area contributed by atoms with Crippen LogP contribution in [0.2, 0.25) is 5.02 Å². The maximum atomic E-state index is 12.7. The number of primary amides is 1. The first-order valence-electron chi connectivity index (χ1n) is 6.53. The van der Waals surface area contributed by atoms with Crippen LogP contribution in [0.1, 0.15) is 21.8 Å². The fourth-order valence-electron chi connectivity index (χ4n) is 2.58. The second kappa shape index (κ2) is 5.27. The average molecular weight is 315 g/mol. The van der Waals surface area contributed by atoms with Crippen LogP contribution in [0.25, 0.3) is 0 Å². The zero-order valence-electron chi connectivity index (χ0n) is 11.3. The maximum Gasteiger partial charge on any atom is 0.326 e. The highest BCUT2D eigenvalue weighted by molar-refractivity contribution is 6.31. The van der Waals surface area contributed by atoms with Crippen molar-refractivity contribution in [3.63, 3.8) is 0 Å². The molecule has 0 spiro atoms. The largest absolute Gasteiger partial charge is 0.351 e. The molecule has 1 aliphatic rings. The molecule has 2 N–H and O–H groups in total. The second-order valence-corrected chi connectivity index (χ2v) is 5.31. The lowest BCUT2D eigenvalue weighted by atomic mass is 9.92. The topological polar surface area (TPSA) is 80.5 Å². The van der Waals surface area contributed by atoms with E-state index in [2.05, 4.69) is 0 Å². The highest BCUT2D eigenvalue weighted by Gasteiger charge is 2.44. The third kappa shape index (κ3) is 2.16. The molecule has 1 aliphatic heterocycles. The van der Waals surface area contributed by atoms with Crippen molar-refractivity contribution in [2.75, 3.05) is 4.90 Å². The molecular weight excluding hydrogens is 304 g/mol. The first kappa shape index (κ1) is 14.3. The van der Waals surface area contributed by atoms with Gasteiger partial charge in [-0.25, -0.2) is 9.69 Å². The summed E-state index contributed by atoms with van der Waals surface area (Å²) in [6, 6.07) is 12.0. The van der Waals surface area contributed by atoms with Crippen molar-refractivity contribution in [2.24, 2.45) is 5.73 Å². The van der Waals surface area contributed by atoms with Gasteiger partial charge < -0.3 is 5.73 Å². The minimum Gasteiger partial charge on any atom is -0.351 e. The first-order chi connectivity index (χ1) is 10.5. The number of nitrogens with two attached hydrogens (primary N) is 1. The number of halogens is 1. The average Bonchev–Trinajstić information content (AvgIpc) is 2.79. The van der Waals surface area contributed by atoms with Crippen LogP contribution in [-0.2, 0) is 4.79 Å². The number of urea groups is 1. The molecule has 0 aromatic heterocycles. The van der Waals surface area contributed by atoms with E-state index >= 15 is 0 Å². The van der Waals surface area contributed by atoms with Crippen molar-refractivity contribution in [3.8, 4) is 0 Å². The smallest absolute Gasteiger partial charge is 0.326 e. The van der Waals surface area contributed by atoms with Crippen molar-refractivity contribution in [3.05, 3.63) is 64.7 Å². The van der Waals surface area contributed by atoms with Crippen molar-refractivity contribution in [2.45, 2.75) is 5.92 Å². The standard InChI is InChI=1S/C16H11ClN2O3/c17-10-7-5-9(6-8-10)14(20)13-11-3-1-2-4-12(11)19(15(13)21)16(18)22/h1-8,13H,(H2,18,22). The summed E-state index contributed by atoms with van der Waals surface area (Å²) in [5.74, 6) is -2.09. The second-order valence-electron chi connectivity index (χ2n) is 4.87. The van der Waals surface area contributed by atoms with Gasteiger partial charge in [0.25, 0.3) is 5.91 Å². The Morgan fingerprint density at radius 2 is 1.68 bits per heavy atom. The van der Waals surface area contributed by atoms with Crippen LogP contribution in [0.3, 0.4) is 0 Å². The fourth-order valence-corrected chi connectivity index (χ4v) is 2.70. The molecule has 3 rings (SSSR count). The number of benzene rings is 2. The van der Waals surface area contributed by atoms with E-state index in [0.717, 1.165) is 4.90 Å². The van der Waals surface area contributed by atoms with E-state index in [1.165, 1.54) is 0 Å². The molecule has 0 bridgehead atoms. The molecule has 2 aromatic rings. The van der Waals surface area contributed by atoms with Crippen LogP contribution in [0, 0.1) is 0 Å². The van der Waals surface area contributed by atoms with E-state index in [4.69, 9.17) is 17.3 Å². The Morgan fingerprint density at radius 1 is 1.05 bits per heavy atom. The van der Waals surface area contributed by atoms with Gasteiger partial charge in [0.2, 0.25) is 0 Å². The van der Waals surface area contributed by atoms with Gasteiger partial charge >= 0.3 is 6.03 Å². The van der Waals surface area contributed by atoms with Gasteiger partial charge in [0.1, 0.15) is 5.92 Å². The van der Waals surface area contributed by atoms with Gasteiger partial charge in [0.05, 0.1) is 5.69 Å². The van der Waals surface area contributed by atoms with Crippen molar-refractivity contribution in [1.82, 2.24) is 0 Å². The Morgan fingerprint density at radius 3 is 2.32 bits per heavy atom. The summed E-state index contributed by atoms with van der Waals surface area (Å²) >= 11 is 5.80. The molecule has 22 heavy (non-hydrogen) atoms. The summed E-state index contributed by atoms with van der Waals surface area (Å²) in [6.07, 6.45) is 0. The van der Waals surface area contributed by atoms with Crippen LogP contribution < -0.4 is 10.6 Å². The van der Waals surface area contributed by atoms with E-state index in [1.807, 2.05) is 0 Å². The molecule has 1 atom stereocenters. The van der Waals surface area contributed by atoms with Gasteiger partial charge in [0.15, 0.2) is 5.78 Å². The van der Waals surface area contributed by atoms with Gasteiger partial charge in [-0.3, -0.25) is 9.59 Å². The fraction of sp³-hybridized carbons (Fsp3) is 0.0625. The number of Topliss-reactive ketones (excluding diaryl/α,β-unsaturated/α-hetero) is 1. The number of imide groups is 1. The summed E-state index contributed by atoms with van der Waals surface area (Å²) in [5.41, 5.74) is 6.44. The summed E-state index contributed by atoms with van der Waals surface area (Å²) < 4.78 is 0. The highest BCUT2D eigenvalue weighted by Crippen LogP contribution is 2.38. The van der Waals surface area contributed by atoms with Crippen molar-refractivity contribution < 1.29 is 14.4 Å². The molecule has 0 saturated carbocycles. The number of carbonyl (C=O) groups excluding carboxylic acids is 3.